The van der Waals surface area contributed by atoms with Crippen molar-refractivity contribution in [2.75, 3.05) is 0 Å². The number of hydrogen-bond donors (Lipinski definition) is 2. The summed E-state index contributed by atoms with van der Waals surface area (Å²) in [7, 11) is 2.67. The van der Waals surface area contributed by atoms with Crippen molar-refractivity contribution in [3.05, 3.63) is 126 Å². The second kappa shape index (κ2) is 14.2. The molecule has 2 atom stereocenters. The van der Waals surface area contributed by atoms with Gasteiger partial charge in [-0.15, -0.1) is 9.24 Å². The number of alkyl halides is 4. The Kier molecular flexibility index (Phi) is 10.3. The normalized spacial score (nSPS) is 15.2. The minimum absolute atomic E-state index is 0.0190. The molecule has 0 bridgehead atoms. The number of ketones is 1. The van der Waals surface area contributed by atoms with Gasteiger partial charge in [-0.3, -0.25) is 4.79 Å². The van der Waals surface area contributed by atoms with Crippen LogP contribution in [0.5, 0.6) is 5.75 Å². The Balaban J connectivity index is 1.58. The number of halogens is 5. The number of rotatable bonds is 12. The molecule has 0 aromatic heterocycles. The molecule has 4 aromatic carbocycles. The fourth-order valence-electron chi connectivity index (χ4n) is 5.29. The van der Waals surface area contributed by atoms with Gasteiger partial charge in [-0.05, 0) is 73.4 Å². The molecule has 48 heavy (non-hydrogen) atoms. The third-order valence-electron chi connectivity index (χ3n) is 7.76. The number of Topliss-reactive ketones (excluding diaryl/α,β-unsaturated/α-hetero) is 1. The van der Waals surface area contributed by atoms with Crippen LogP contribution in [0.25, 0.3) is 0 Å². The quantitative estimate of drug-likeness (QED) is 0.132. The Morgan fingerprint density at radius 1 is 0.938 bits per heavy atom. The van der Waals surface area contributed by atoms with Crippen molar-refractivity contribution in [3.8, 4) is 11.8 Å². The first kappa shape index (κ1) is 34.7. The number of hydrogen-bond acceptors (Lipinski definition) is 4. The molecule has 1 unspecified atom stereocenters. The SMILES string of the molecule is N#CC(=Pc1ccccc1)C(=O)C1(NC(=O)N[C@](Cc2ccccc2)(c2ccc(F)cc2)c2cc(P)cc(OC(F)(F)C(F)F)c2)CC1. The summed E-state index contributed by atoms with van der Waals surface area (Å²) in [6.45, 7) is 0. The molecule has 1 aliphatic carbocycles. The summed E-state index contributed by atoms with van der Waals surface area (Å²) in [4.78, 5) is 27.6. The Morgan fingerprint density at radius 3 is 2.15 bits per heavy atom. The second-order valence-corrected chi connectivity index (χ2v) is 13.1. The average molecular weight is 696 g/mol. The zero-order valence-electron chi connectivity index (χ0n) is 25.1. The molecule has 13 heteroatoms. The molecule has 1 fully saturated rings. The molecule has 0 saturated heterocycles. The van der Waals surface area contributed by atoms with Gasteiger partial charge in [0, 0.05) is 11.7 Å². The third-order valence-corrected chi connectivity index (χ3v) is 9.18. The van der Waals surface area contributed by atoms with Crippen molar-refractivity contribution in [1.29, 1.82) is 5.26 Å². The highest BCUT2D eigenvalue weighted by Crippen LogP contribution is 2.40. The highest BCUT2D eigenvalue weighted by molar-refractivity contribution is 7.52. The van der Waals surface area contributed by atoms with Crippen molar-refractivity contribution in [1.82, 2.24) is 10.6 Å². The number of nitriles is 1. The standard InChI is InChI=1S/C35H28F5N3O3P2/c36-25-13-11-23(12-14-25)34(20-22-7-3-1-4-8-22,24-17-26(19-27(47)18-24)46-35(39,40)31(37)38)43-32(45)42-33(15-16-33)30(44)29(21-41)48-28-9-5-2-6-10-28/h1-14,17-19,31H,15-16,20,47H2,(H2,42,43,45)/t34-/m1/s1. The van der Waals surface area contributed by atoms with Gasteiger partial charge in [-0.25, -0.2) is 9.18 Å². The van der Waals surface area contributed by atoms with Crippen molar-refractivity contribution >= 4 is 45.2 Å². The van der Waals surface area contributed by atoms with E-state index in [4.69, 9.17) is 0 Å². The van der Waals surface area contributed by atoms with Crippen LogP contribution in [-0.2, 0) is 16.8 Å². The van der Waals surface area contributed by atoms with Gasteiger partial charge in [0.15, 0.2) is 0 Å². The fraction of sp³-hybridized carbons (Fsp3) is 0.200. The van der Waals surface area contributed by atoms with E-state index < -0.39 is 47.0 Å². The Morgan fingerprint density at radius 2 is 1.56 bits per heavy atom. The molecule has 0 aliphatic heterocycles. The predicted octanol–water partition coefficient (Wildman–Crippen LogP) is 6.42. The van der Waals surface area contributed by atoms with Crippen LogP contribution in [0.15, 0.2) is 103 Å². The first-order valence-corrected chi connectivity index (χ1v) is 16.1. The van der Waals surface area contributed by atoms with Crippen molar-refractivity contribution < 1.29 is 36.3 Å². The van der Waals surface area contributed by atoms with Gasteiger partial charge in [-0.1, -0.05) is 72.8 Å². The lowest BCUT2D eigenvalue weighted by Crippen LogP contribution is -2.56. The highest BCUT2D eigenvalue weighted by Gasteiger charge is 2.53. The molecule has 1 aliphatic rings. The zero-order valence-corrected chi connectivity index (χ0v) is 27.1. The second-order valence-electron chi connectivity index (χ2n) is 11.2. The monoisotopic (exact) mass is 695 g/mol. The van der Waals surface area contributed by atoms with Gasteiger partial charge in [0.2, 0.25) is 5.78 Å². The zero-order chi connectivity index (χ0) is 34.5. The number of benzene rings is 4. The molecule has 1 saturated carbocycles. The van der Waals surface area contributed by atoms with Gasteiger partial charge in [0.1, 0.15) is 28.5 Å². The first-order valence-electron chi connectivity index (χ1n) is 14.6. The van der Waals surface area contributed by atoms with Crippen LogP contribution >= 0.6 is 17.4 Å². The van der Waals surface area contributed by atoms with E-state index in [0.717, 1.165) is 24.3 Å². The summed E-state index contributed by atoms with van der Waals surface area (Å²) in [5.74, 6) is -1.73. The van der Waals surface area contributed by atoms with Crippen molar-refractivity contribution in [3.63, 3.8) is 0 Å². The van der Waals surface area contributed by atoms with E-state index in [1.54, 1.807) is 60.7 Å². The number of urea groups is 1. The minimum atomic E-state index is -4.81. The van der Waals surface area contributed by atoms with Gasteiger partial charge < -0.3 is 15.4 Å². The average Bonchev–Trinajstić information content (AvgIpc) is 3.84. The number of nitrogens with one attached hydrogen (secondary N) is 2. The van der Waals surface area contributed by atoms with Crippen LogP contribution in [0.3, 0.4) is 0 Å². The molecule has 5 rings (SSSR count). The van der Waals surface area contributed by atoms with Crippen molar-refractivity contribution in [2.24, 2.45) is 0 Å². The molecule has 2 amide bonds. The van der Waals surface area contributed by atoms with Gasteiger partial charge >= 0.3 is 18.6 Å². The number of carbonyl (C=O) groups excluding carboxylic acids is 2. The van der Waals surface area contributed by atoms with Gasteiger partial charge in [0.05, 0.1) is 5.54 Å². The molecule has 0 heterocycles. The predicted molar refractivity (Wildman–Crippen MR) is 177 cm³/mol. The summed E-state index contributed by atoms with van der Waals surface area (Å²) < 4.78 is 72.9. The van der Waals surface area contributed by atoms with Crippen LogP contribution in [0.1, 0.15) is 29.5 Å². The van der Waals surface area contributed by atoms with E-state index in [9.17, 15) is 36.8 Å². The van der Waals surface area contributed by atoms with Gasteiger partial charge in [-0.2, -0.15) is 22.8 Å². The summed E-state index contributed by atoms with van der Waals surface area (Å²) >= 11 is 0. The Hall–Kier alpha value is -4.64. The molecular formula is C35H28F5N3O3P2. The largest absolute Gasteiger partial charge is 0.461 e. The number of nitrogens with zero attached hydrogens (tertiary/aromatic N) is 1. The molecule has 6 nitrogen and oxygen atoms in total. The summed E-state index contributed by atoms with van der Waals surface area (Å²) in [5, 5.41) is 16.4. The van der Waals surface area contributed by atoms with Crippen LogP contribution < -0.4 is 26.0 Å². The number of ether oxygens (including phenoxy) is 1. The lowest BCUT2D eigenvalue weighted by atomic mass is 9.77. The minimum Gasteiger partial charge on any atom is -0.428 e. The van der Waals surface area contributed by atoms with E-state index in [-0.39, 0.29) is 35.4 Å². The van der Waals surface area contributed by atoms with Crippen LogP contribution in [-0.4, -0.2) is 35.2 Å². The molecule has 4 aromatic rings. The van der Waals surface area contributed by atoms with E-state index in [1.807, 2.05) is 6.07 Å². The van der Waals surface area contributed by atoms with Crippen LogP contribution in [0.4, 0.5) is 26.7 Å². The lowest BCUT2D eigenvalue weighted by molar-refractivity contribution is -0.253. The van der Waals surface area contributed by atoms with E-state index in [1.165, 1.54) is 18.2 Å². The Bertz CT molecular complexity index is 1870. The van der Waals surface area contributed by atoms with E-state index in [2.05, 4.69) is 24.6 Å². The highest BCUT2D eigenvalue weighted by atomic mass is 31.1. The smallest absolute Gasteiger partial charge is 0.428 e. The van der Waals surface area contributed by atoms with E-state index >= 15 is 0 Å². The van der Waals surface area contributed by atoms with Crippen LogP contribution in [0.2, 0.25) is 0 Å². The summed E-state index contributed by atoms with van der Waals surface area (Å²) in [6.07, 6.45) is -8.43. The summed E-state index contributed by atoms with van der Waals surface area (Å²) in [5.41, 5.74) is -1.89. The number of amides is 2. The molecule has 0 spiro atoms. The third kappa shape index (κ3) is 7.90. The lowest BCUT2D eigenvalue weighted by Gasteiger charge is -2.37. The maximum absolute atomic E-state index is 14.2. The fourth-order valence-corrected chi connectivity index (χ4v) is 6.57. The molecule has 246 valence electrons. The Labute approximate surface area is 277 Å². The van der Waals surface area contributed by atoms with E-state index in [0.29, 0.717) is 24.6 Å². The maximum Gasteiger partial charge on any atom is 0.461 e. The van der Waals surface area contributed by atoms with Gasteiger partial charge in [0.25, 0.3) is 0 Å². The maximum atomic E-state index is 14.2. The molecular weight excluding hydrogens is 667 g/mol. The summed E-state index contributed by atoms with van der Waals surface area (Å²) in [6, 6.07) is 27.7. The first-order chi connectivity index (χ1) is 22.9. The topological polar surface area (TPSA) is 91.2 Å². The van der Waals surface area contributed by atoms with Crippen LogP contribution in [0, 0.1) is 17.1 Å². The number of carbonyl (C=O) groups is 2. The molecule has 2 N–H and O–H groups in total. The molecule has 0 radical (unpaired) electrons. The van der Waals surface area contributed by atoms with Crippen molar-refractivity contribution in [2.45, 2.75) is 42.9 Å².